The summed E-state index contributed by atoms with van der Waals surface area (Å²) >= 11 is 0. The predicted octanol–water partition coefficient (Wildman–Crippen LogP) is 4.30. The maximum atomic E-state index is 12.4. The van der Waals surface area contributed by atoms with Gasteiger partial charge in [0.2, 0.25) is 5.91 Å². The van der Waals surface area contributed by atoms with Gasteiger partial charge in [0.1, 0.15) is 5.75 Å². The average Bonchev–Trinajstić information content (AvgIpc) is 2.65. The number of benzene rings is 2. The first-order chi connectivity index (χ1) is 14.0. The van der Waals surface area contributed by atoms with E-state index in [1.54, 1.807) is 7.11 Å². The van der Waals surface area contributed by atoms with E-state index in [0.29, 0.717) is 6.54 Å². The zero-order valence-corrected chi connectivity index (χ0v) is 17.2. The van der Waals surface area contributed by atoms with Gasteiger partial charge in [0.25, 0.3) is 0 Å². The lowest BCUT2D eigenvalue weighted by Crippen LogP contribution is -2.36. The van der Waals surface area contributed by atoms with Gasteiger partial charge in [-0.15, -0.1) is 0 Å². The molecule has 0 aliphatic heterocycles. The number of amides is 3. The van der Waals surface area contributed by atoms with E-state index in [1.807, 2.05) is 56.3 Å². The van der Waals surface area contributed by atoms with Crippen LogP contribution in [0.3, 0.4) is 0 Å². The van der Waals surface area contributed by atoms with Crippen LogP contribution in [-0.4, -0.2) is 19.0 Å². The summed E-state index contributed by atoms with van der Waals surface area (Å²) in [5.41, 5.74) is 3.73. The Morgan fingerprint density at radius 2 is 1.97 bits per heavy atom. The number of hydrogen-bond donors (Lipinski definition) is 3. The highest BCUT2D eigenvalue weighted by molar-refractivity contribution is 5.93. The van der Waals surface area contributed by atoms with E-state index in [-0.39, 0.29) is 23.9 Å². The third-order valence-corrected chi connectivity index (χ3v) is 5.32. The minimum absolute atomic E-state index is 0.0834. The molecule has 0 spiro atoms. The van der Waals surface area contributed by atoms with Crippen LogP contribution in [-0.2, 0) is 11.3 Å². The van der Waals surface area contributed by atoms with E-state index < -0.39 is 0 Å². The van der Waals surface area contributed by atoms with Crippen LogP contribution in [0.15, 0.2) is 42.5 Å². The Morgan fingerprint density at radius 1 is 1.17 bits per heavy atom. The standard InChI is InChI=1S/C23H29N3O3/c1-15-10-11-21(29-3)20(12-15)16(2)25-23(28)24-14-17-6-4-9-19(13-17)26-22(27)18-7-5-8-18/h4,6,9-13,16,18H,5,7-8,14H2,1-3H3,(H,26,27)(H2,24,25,28). The van der Waals surface area contributed by atoms with Gasteiger partial charge in [-0.1, -0.05) is 36.2 Å². The maximum absolute atomic E-state index is 12.4. The Morgan fingerprint density at radius 3 is 2.66 bits per heavy atom. The van der Waals surface area contributed by atoms with E-state index in [4.69, 9.17) is 4.74 Å². The third kappa shape index (κ3) is 5.50. The molecule has 3 amide bonds. The molecule has 1 aliphatic rings. The van der Waals surface area contributed by atoms with Gasteiger partial charge in [0.05, 0.1) is 13.2 Å². The number of aryl methyl sites for hydroxylation is 1. The van der Waals surface area contributed by atoms with Gasteiger partial charge in [0.15, 0.2) is 0 Å². The van der Waals surface area contributed by atoms with Crippen molar-refractivity contribution >= 4 is 17.6 Å². The highest BCUT2D eigenvalue weighted by Gasteiger charge is 2.25. The van der Waals surface area contributed by atoms with E-state index in [1.165, 1.54) is 0 Å². The number of anilines is 1. The number of hydrogen-bond acceptors (Lipinski definition) is 3. The number of urea groups is 1. The molecule has 1 aliphatic carbocycles. The van der Waals surface area contributed by atoms with Crippen molar-refractivity contribution < 1.29 is 14.3 Å². The molecule has 0 bridgehead atoms. The van der Waals surface area contributed by atoms with Crippen molar-refractivity contribution in [2.45, 2.75) is 45.7 Å². The molecule has 29 heavy (non-hydrogen) atoms. The summed E-state index contributed by atoms with van der Waals surface area (Å²) in [6.45, 7) is 4.30. The van der Waals surface area contributed by atoms with Crippen molar-refractivity contribution in [3.63, 3.8) is 0 Å². The van der Waals surface area contributed by atoms with Gasteiger partial charge in [-0.05, 0) is 50.5 Å². The fourth-order valence-electron chi connectivity index (χ4n) is 3.37. The summed E-state index contributed by atoms with van der Waals surface area (Å²) in [6.07, 6.45) is 3.07. The van der Waals surface area contributed by atoms with Crippen LogP contribution in [0.25, 0.3) is 0 Å². The van der Waals surface area contributed by atoms with Gasteiger partial charge in [0, 0.05) is 23.7 Å². The highest BCUT2D eigenvalue weighted by atomic mass is 16.5. The molecule has 6 nitrogen and oxygen atoms in total. The molecule has 0 aromatic heterocycles. The van der Waals surface area contributed by atoms with Crippen LogP contribution < -0.4 is 20.7 Å². The Kier molecular flexibility index (Phi) is 6.75. The lowest BCUT2D eigenvalue weighted by molar-refractivity contribution is -0.122. The number of carbonyl (C=O) groups excluding carboxylic acids is 2. The molecule has 0 heterocycles. The number of ether oxygens (including phenoxy) is 1. The molecular formula is C23H29N3O3. The molecule has 3 rings (SSSR count). The van der Waals surface area contributed by atoms with Crippen molar-refractivity contribution in [3.05, 3.63) is 59.2 Å². The highest BCUT2D eigenvalue weighted by Crippen LogP contribution is 2.28. The number of methoxy groups -OCH3 is 1. The molecule has 2 aromatic rings. The topological polar surface area (TPSA) is 79.5 Å². The average molecular weight is 396 g/mol. The molecule has 2 aromatic carbocycles. The molecule has 1 fully saturated rings. The fraction of sp³-hybridized carbons (Fsp3) is 0.391. The van der Waals surface area contributed by atoms with Gasteiger partial charge in [-0.3, -0.25) is 4.79 Å². The first-order valence-corrected chi connectivity index (χ1v) is 10.0. The molecule has 1 saturated carbocycles. The summed E-state index contributed by atoms with van der Waals surface area (Å²) in [6, 6.07) is 13.0. The summed E-state index contributed by atoms with van der Waals surface area (Å²) in [4.78, 5) is 24.5. The summed E-state index contributed by atoms with van der Waals surface area (Å²) < 4.78 is 5.40. The summed E-state index contributed by atoms with van der Waals surface area (Å²) in [5.74, 6) is 0.973. The molecular weight excluding hydrogens is 366 g/mol. The minimum atomic E-state index is -0.259. The van der Waals surface area contributed by atoms with E-state index >= 15 is 0 Å². The van der Waals surface area contributed by atoms with Gasteiger partial charge < -0.3 is 20.7 Å². The minimum Gasteiger partial charge on any atom is -0.496 e. The van der Waals surface area contributed by atoms with Crippen molar-refractivity contribution in [2.75, 3.05) is 12.4 Å². The summed E-state index contributed by atoms with van der Waals surface area (Å²) in [5, 5.41) is 8.78. The number of nitrogens with one attached hydrogen (secondary N) is 3. The van der Waals surface area contributed by atoms with E-state index in [0.717, 1.165) is 47.4 Å². The van der Waals surface area contributed by atoms with E-state index in [2.05, 4.69) is 16.0 Å². The normalized spacial score (nSPS) is 14.4. The maximum Gasteiger partial charge on any atom is 0.315 e. The monoisotopic (exact) mass is 395 g/mol. The van der Waals surface area contributed by atoms with Crippen LogP contribution in [0.5, 0.6) is 5.75 Å². The zero-order valence-electron chi connectivity index (χ0n) is 17.2. The zero-order chi connectivity index (χ0) is 20.8. The Bertz CT molecular complexity index is 877. The molecule has 6 heteroatoms. The van der Waals surface area contributed by atoms with Crippen molar-refractivity contribution in [1.82, 2.24) is 10.6 Å². The number of rotatable bonds is 7. The quantitative estimate of drug-likeness (QED) is 0.654. The van der Waals surface area contributed by atoms with Gasteiger partial charge in [-0.25, -0.2) is 4.79 Å². The Balaban J connectivity index is 1.53. The molecule has 1 atom stereocenters. The predicted molar refractivity (Wildman–Crippen MR) is 114 cm³/mol. The molecule has 1 unspecified atom stereocenters. The molecule has 0 radical (unpaired) electrons. The Hall–Kier alpha value is -3.02. The van der Waals surface area contributed by atoms with Crippen molar-refractivity contribution in [3.8, 4) is 5.75 Å². The van der Waals surface area contributed by atoms with E-state index in [9.17, 15) is 9.59 Å². The number of carbonyl (C=O) groups is 2. The smallest absolute Gasteiger partial charge is 0.315 e. The molecule has 3 N–H and O–H groups in total. The largest absolute Gasteiger partial charge is 0.496 e. The SMILES string of the molecule is COc1ccc(C)cc1C(C)NC(=O)NCc1cccc(NC(=O)C2CCC2)c1. The van der Waals surface area contributed by atoms with Crippen molar-refractivity contribution in [2.24, 2.45) is 5.92 Å². The lowest BCUT2D eigenvalue weighted by atomic mass is 9.85. The van der Waals surface area contributed by atoms with Crippen LogP contribution >= 0.6 is 0 Å². The van der Waals surface area contributed by atoms with Crippen molar-refractivity contribution in [1.29, 1.82) is 0 Å². The molecule has 154 valence electrons. The van der Waals surface area contributed by atoms with Crippen LogP contribution in [0.1, 0.15) is 48.9 Å². The van der Waals surface area contributed by atoms with Crippen LogP contribution in [0.4, 0.5) is 10.5 Å². The van der Waals surface area contributed by atoms with Crippen LogP contribution in [0, 0.1) is 12.8 Å². The second-order valence-electron chi connectivity index (χ2n) is 7.61. The first-order valence-electron chi connectivity index (χ1n) is 10.0. The second kappa shape index (κ2) is 9.45. The Labute approximate surface area is 172 Å². The lowest BCUT2D eigenvalue weighted by Gasteiger charge is -2.24. The summed E-state index contributed by atoms with van der Waals surface area (Å²) in [7, 11) is 1.62. The molecule has 0 saturated heterocycles. The van der Waals surface area contributed by atoms with Crippen LogP contribution in [0.2, 0.25) is 0 Å². The fourth-order valence-corrected chi connectivity index (χ4v) is 3.37. The van der Waals surface area contributed by atoms with Gasteiger partial charge in [-0.2, -0.15) is 0 Å². The first kappa shape index (κ1) is 20.7. The second-order valence-corrected chi connectivity index (χ2v) is 7.61. The third-order valence-electron chi connectivity index (χ3n) is 5.32. The van der Waals surface area contributed by atoms with Gasteiger partial charge >= 0.3 is 6.03 Å².